The van der Waals surface area contributed by atoms with E-state index in [-0.39, 0.29) is 12.7 Å². The third kappa shape index (κ3) is 24.3. The molecule has 0 rings (SSSR count). The van der Waals surface area contributed by atoms with Crippen LogP contribution < -0.4 is 0 Å². The zero-order valence-corrected chi connectivity index (χ0v) is 14.8. The van der Waals surface area contributed by atoms with Crippen LogP contribution in [0.4, 0.5) is 0 Å². The van der Waals surface area contributed by atoms with Crippen molar-refractivity contribution in [2.24, 2.45) is 0 Å². The SMILES string of the molecule is C=CCOCC(CO)OCCCCC.O=P(O)(O)OP(=O)(O)O. The highest BCUT2D eigenvalue weighted by atomic mass is 31.3. The Kier molecular flexibility index (Phi) is 15.6. The van der Waals surface area contributed by atoms with E-state index in [9.17, 15) is 9.13 Å². The molecule has 0 radical (unpaired) electrons. The highest BCUT2D eigenvalue weighted by Gasteiger charge is 2.27. The molecule has 0 saturated heterocycles. The van der Waals surface area contributed by atoms with Crippen LogP contribution in [0.15, 0.2) is 12.7 Å². The third-order valence-electron chi connectivity index (χ3n) is 2.06. The zero-order valence-electron chi connectivity index (χ0n) is 13.0. The van der Waals surface area contributed by atoms with Crippen molar-refractivity contribution in [2.45, 2.75) is 32.3 Å². The average Bonchev–Trinajstić information content (AvgIpc) is 2.38. The van der Waals surface area contributed by atoms with E-state index in [1.807, 2.05) is 0 Å². The summed E-state index contributed by atoms with van der Waals surface area (Å²) in [6.07, 6.45) is 4.90. The van der Waals surface area contributed by atoms with Crippen molar-refractivity contribution < 1.29 is 47.6 Å². The number of phosphoric acid groups is 2. The van der Waals surface area contributed by atoms with Crippen LogP contribution in [0, 0.1) is 0 Å². The molecule has 12 heteroatoms. The van der Waals surface area contributed by atoms with Gasteiger partial charge in [-0.2, -0.15) is 4.31 Å². The van der Waals surface area contributed by atoms with Crippen LogP contribution in [-0.2, 0) is 22.9 Å². The van der Waals surface area contributed by atoms with Gasteiger partial charge in [0.15, 0.2) is 0 Å². The van der Waals surface area contributed by atoms with E-state index in [0.717, 1.165) is 6.42 Å². The van der Waals surface area contributed by atoms with Gasteiger partial charge in [-0.25, -0.2) is 9.13 Å². The summed E-state index contributed by atoms with van der Waals surface area (Å²) in [4.78, 5) is 31.0. The second kappa shape index (κ2) is 14.2. The Morgan fingerprint density at radius 3 is 2.04 bits per heavy atom. The Hall–Kier alpha value is -0.120. The molecule has 0 bridgehead atoms. The highest BCUT2D eigenvalue weighted by Crippen LogP contribution is 2.53. The maximum atomic E-state index is 9.63. The molecule has 0 spiro atoms. The lowest BCUT2D eigenvalue weighted by atomic mass is 10.3. The lowest BCUT2D eigenvalue weighted by Gasteiger charge is -2.14. The van der Waals surface area contributed by atoms with Gasteiger partial charge in [-0.3, -0.25) is 0 Å². The summed E-state index contributed by atoms with van der Waals surface area (Å²) in [5, 5.41) is 8.95. The first-order valence-electron chi connectivity index (χ1n) is 6.79. The van der Waals surface area contributed by atoms with E-state index in [4.69, 9.17) is 34.2 Å². The Bertz CT molecular complexity index is 357. The smallest absolute Gasteiger partial charge is 0.394 e. The van der Waals surface area contributed by atoms with Crippen molar-refractivity contribution in [3.05, 3.63) is 12.7 Å². The predicted molar refractivity (Wildman–Crippen MR) is 82.5 cm³/mol. The maximum absolute atomic E-state index is 9.63. The first-order chi connectivity index (χ1) is 10.6. The lowest BCUT2D eigenvalue weighted by molar-refractivity contribution is -0.0382. The fourth-order valence-electron chi connectivity index (χ4n) is 1.18. The topological polar surface area (TPSA) is 163 Å². The van der Waals surface area contributed by atoms with Crippen LogP contribution in [-0.4, -0.2) is 57.2 Å². The van der Waals surface area contributed by atoms with Gasteiger partial charge in [0.05, 0.1) is 19.8 Å². The number of aliphatic hydroxyl groups excluding tert-OH is 1. The van der Waals surface area contributed by atoms with E-state index in [2.05, 4.69) is 17.8 Å². The van der Waals surface area contributed by atoms with Crippen LogP contribution in [0.3, 0.4) is 0 Å². The molecule has 0 heterocycles. The first kappa shape index (κ1) is 25.1. The van der Waals surface area contributed by atoms with Crippen molar-refractivity contribution in [1.29, 1.82) is 0 Å². The molecule has 0 aromatic rings. The monoisotopic (exact) mass is 380 g/mol. The van der Waals surface area contributed by atoms with Crippen LogP contribution in [0.1, 0.15) is 26.2 Å². The fourth-order valence-corrected chi connectivity index (χ4v) is 2.29. The molecule has 1 atom stereocenters. The van der Waals surface area contributed by atoms with Gasteiger partial charge in [-0.15, -0.1) is 6.58 Å². The molecule has 23 heavy (non-hydrogen) atoms. The third-order valence-corrected chi connectivity index (χ3v) is 3.76. The van der Waals surface area contributed by atoms with Gasteiger partial charge in [0.25, 0.3) is 0 Å². The number of aliphatic hydroxyl groups is 1. The van der Waals surface area contributed by atoms with Crippen molar-refractivity contribution in [1.82, 2.24) is 0 Å². The second-order valence-corrected chi connectivity index (χ2v) is 6.89. The Morgan fingerprint density at radius 1 is 1.13 bits per heavy atom. The van der Waals surface area contributed by atoms with Gasteiger partial charge in [0.2, 0.25) is 0 Å². The van der Waals surface area contributed by atoms with Gasteiger partial charge < -0.3 is 34.2 Å². The summed E-state index contributed by atoms with van der Waals surface area (Å²) in [6, 6.07) is 0. The molecule has 140 valence electrons. The molecule has 0 amide bonds. The fraction of sp³-hybridized carbons (Fsp3) is 0.818. The van der Waals surface area contributed by atoms with Gasteiger partial charge >= 0.3 is 15.6 Å². The minimum atomic E-state index is -5.05. The lowest BCUT2D eigenvalue weighted by Crippen LogP contribution is -2.24. The van der Waals surface area contributed by atoms with E-state index in [1.165, 1.54) is 12.8 Å². The van der Waals surface area contributed by atoms with Gasteiger partial charge in [-0.05, 0) is 6.42 Å². The maximum Gasteiger partial charge on any atom is 0.478 e. The standard InChI is InChI=1S/C11H22O3.H4O7P2/c1-3-5-6-8-14-11(9-12)10-13-7-4-2;1-8(2,3)7-9(4,5)6/h4,11-12H,2-3,5-10H2,1H3;(H2,1,2,3)(H2,4,5,6). The molecule has 1 unspecified atom stereocenters. The van der Waals surface area contributed by atoms with Crippen molar-refractivity contribution >= 4 is 15.6 Å². The van der Waals surface area contributed by atoms with Crippen molar-refractivity contribution in [3.8, 4) is 0 Å². The summed E-state index contributed by atoms with van der Waals surface area (Å²) in [6.45, 7) is 7.36. The van der Waals surface area contributed by atoms with Crippen molar-refractivity contribution in [3.63, 3.8) is 0 Å². The summed E-state index contributed by atoms with van der Waals surface area (Å²) < 4.78 is 32.8. The molecule has 0 aliphatic rings. The normalized spacial score (nSPS) is 13.1. The predicted octanol–water partition coefficient (Wildman–Crippen LogP) is 0.945. The van der Waals surface area contributed by atoms with Crippen LogP contribution in [0.2, 0.25) is 0 Å². The number of ether oxygens (including phenoxy) is 2. The summed E-state index contributed by atoms with van der Waals surface area (Å²) in [7, 11) is -10.1. The number of unbranched alkanes of at least 4 members (excludes halogenated alkanes) is 2. The summed E-state index contributed by atoms with van der Waals surface area (Å²) in [5.41, 5.74) is 0. The minimum absolute atomic E-state index is 0.0171. The average molecular weight is 380 g/mol. The molecule has 0 saturated carbocycles. The summed E-state index contributed by atoms with van der Waals surface area (Å²) >= 11 is 0. The van der Waals surface area contributed by atoms with Gasteiger partial charge in [-0.1, -0.05) is 25.8 Å². The molecule has 10 nitrogen and oxygen atoms in total. The molecular formula is C11H26O10P2. The summed E-state index contributed by atoms with van der Waals surface area (Å²) in [5.74, 6) is 0. The molecular weight excluding hydrogens is 354 g/mol. The van der Waals surface area contributed by atoms with Crippen LogP contribution in [0.25, 0.3) is 0 Å². The number of rotatable bonds is 12. The highest BCUT2D eigenvalue weighted by molar-refractivity contribution is 7.60. The Labute approximate surface area is 135 Å². The Balaban J connectivity index is 0. The van der Waals surface area contributed by atoms with E-state index >= 15 is 0 Å². The molecule has 0 aromatic heterocycles. The first-order valence-corrected chi connectivity index (χ1v) is 9.85. The van der Waals surface area contributed by atoms with Gasteiger partial charge in [0, 0.05) is 6.61 Å². The molecule has 0 aliphatic heterocycles. The molecule has 0 aliphatic carbocycles. The van der Waals surface area contributed by atoms with E-state index in [0.29, 0.717) is 19.8 Å². The second-order valence-electron chi connectivity index (χ2n) is 4.27. The van der Waals surface area contributed by atoms with E-state index < -0.39 is 15.6 Å². The number of hydrogen-bond acceptors (Lipinski definition) is 6. The molecule has 0 fully saturated rings. The van der Waals surface area contributed by atoms with Crippen molar-refractivity contribution in [2.75, 3.05) is 26.4 Å². The largest absolute Gasteiger partial charge is 0.478 e. The quantitative estimate of drug-likeness (QED) is 0.187. The molecule has 5 N–H and O–H groups in total. The molecule has 0 aromatic carbocycles. The Morgan fingerprint density at radius 2 is 1.70 bits per heavy atom. The minimum Gasteiger partial charge on any atom is -0.394 e. The van der Waals surface area contributed by atoms with Gasteiger partial charge in [0.1, 0.15) is 6.10 Å². The zero-order chi connectivity index (χ0) is 18.4. The van der Waals surface area contributed by atoms with E-state index in [1.54, 1.807) is 6.08 Å². The van der Waals surface area contributed by atoms with Crippen LogP contribution in [0.5, 0.6) is 0 Å². The van der Waals surface area contributed by atoms with Crippen LogP contribution >= 0.6 is 15.6 Å². The number of hydrogen-bond donors (Lipinski definition) is 5.